The standard InChI is InChI=1S/C25H24N2O5/c1-16-8-7-11-20(23(16)29)24-26-27(17(2)28)25(32-24)19-12-13-21(22(14-19)30-3)31-15-18-9-5-4-6-10-18/h4-14,25,29H,15H2,1-3H3. The summed E-state index contributed by atoms with van der Waals surface area (Å²) < 4.78 is 17.4. The van der Waals surface area contributed by atoms with Gasteiger partial charge in [0.1, 0.15) is 12.4 Å². The molecule has 3 aromatic carbocycles. The lowest BCUT2D eigenvalue weighted by Crippen LogP contribution is -2.25. The maximum Gasteiger partial charge on any atom is 0.244 e. The lowest BCUT2D eigenvalue weighted by molar-refractivity contribution is -0.135. The highest BCUT2D eigenvalue weighted by Gasteiger charge is 2.34. The molecule has 1 unspecified atom stereocenters. The summed E-state index contributed by atoms with van der Waals surface area (Å²) in [5.74, 6) is 1.04. The zero-order valence-electron chi connectivity index (χ0n) is 18.1. The highest BCUT2D eigenvalue weighted by molar-refractivity contribution is 5.99. The van der Waals surface area contributed by atoms with E-state index >= 15 is 0 Å². The summed E-state index contributed by atoms with van der Waals surface area (Å²) in [5, 5.41) is 16.0. The Labute approximate surface area is 186 Å². The second kappa shape index (κ2) is 9.01. The fraction of sp³-hybridized carbons (Fsp3) is 0.200. The molecule has 0 saturated heterocycles. The number of phenolic OH excluding ortho intramolecular Hbond substituents is 1. The van der Waals surface area contributed by atoms with Gasteiger partial charge < -0.3 is 19.3 Å². The van der Waals surface area contributed by atoms with Crippen LogP contribution in [-0.4, -0.2) is 29.0 Å². The number of carbonyl (C=O) groups excluding carboxylic acids is 1. The Morgan fingerprint density at radius 3 is 2.59 bits per heavy atom. The molecule has 0 aliphatic carbocycles. The molecule has 4 rings (SSSR count). The van der Waals surface area contributed by atoms with E-state index in [0.717, 1.165) is 5.56 Å². The summed E-state index contributed by atoms with van der Waals surface area (Å²) >= 11 is 0. The van der Waals surface area contributed by atoms with Gasteiger partial charge in [-0.2, -0.15) is 5.01 Å². The first kappa shape index (κ1) is 21.2. The highest BCUT2D eigenvalue weighted by atomic mass is 16.5. The van der Waals surface area contributed by atoms with Crippen LogP contribution in [0.25, 0.3) is 0 Å². The first-order valence-corrected chi connectivity index (χ1v) is 10.2. The van der Waals surface area contributed by atoms with Crippen LogP contribution in [0.1, 0.15) is 35.4 Å². The van der Waals surface area contributed by atoms with E-state index in [1.807, 2.05) is 30.3 Å². The number of hydrogen-bond acceptors (Lipinski definition) is 6. The minimum Gasteiger partial charge on any atom is -0.507 e. The third-order valence-electron chi connectivity index (χ3n) is 5.14. The molecule has 3 aromatic rings. The normalized spacial score (nSPS) is 15.2. The fourth-order valence-electron chi connectivity index (χ4n) is 3.42. The fourth-order valence-corrected chi connectivity index (χ4v) is 3.42. The number of nitrogens with zero attached hydrogens (tertiary/aromatic N) is 2. The summed E-state index contributed by atoms with van der Waals surface area (Å²) in [6.45, 7) is 3.59. The third-order valence-corrected chi connectivity index (χ3v) is 5.14. The van der Waals surface area contributed by atoms with Gasteiger partial charge in [-0.15, -0.1) is 5.10 Å². The molecule has 32 heavy (non-hydrogen) atoms. The number of amides is 1. The number of carbonyl (C=O) groups is 1. The van der Waals surface area contributed by atoms with Crippen molar-refractivity contribution in [3.05, 3.63) is 89.0 Å². The summed E-state index contributed by atoms with van der Waals surface area (Å²) in [6, 6.07) is 20.4. The molecular weight excluding hydrogens is 408 g/mol. The Bertz CT molecular complexity index is 1160. The third kappa shape index (κ3) is 4.23. The molecule has 0 saturated carbocycles. The number of ether oxygens (including phenoxy) is 3. The molecule has 0 radical (unpaired) electrons. The SMILES string of the molecule is COc1cc(C2OC(c3cccc(C)c3O)=NN2C(C)=O)ccc1OCc1ccccc1. The lowest BCUT2D eigenvalue weighted by atomic mass is 10.1. The molecule has 1 aliphatic heterocycles. The van der Waals surface area contributed by atoms with E-state index in [4.69, 9.17) is 14.2 Å². The molecule has 0 bridgehead atoms. The molecular formula is C25H24N2O5. The number of hydrazone groups is 1. The van der Waals surface area contributed by atoms with E-state index in [-0.39, 0.29) is 17.6 Å². The lowest BCUT2D eigenvalue weighted by Gasteiger charge is -2.21. The van der Waals surface area contributed by atoms with Gasteiger partial charge in [-0.3, -0.25) is 4.79 Å². The quantitative estimate of drug-likeness (QED) is 0.619. The monoisotopic (exact) mass is 432 g/mol. The number of benzene rings is 3. The average Bonchev–Trinajstić information content (AvgIpc) is 3.26. The largest absolute Gasteiger partial charge is 0.507 e. The number of aromatic hydroxyl groups is 1. The zero-order valence-corrected chi connectivity index (χ0v) is 18.1. The smallest absolute Gasteiger partial charge is 0.244 e. The van der Waals surface area contributed by atoms with E-state index in [1.165, 1.54) is 11.9 Å². The number of hydrogen-bond donors (Lipinski definition) is 1. The van der Waals surface area contributed by atoms with Crippen LogP contribution in [0.2, 0.25) is 0 Å². The van der Waals surface area contributed by atoms with Gasteiger partial charge in [-0.1, -0.05) is 42.5 Å². The van der Waals surface area contributed by atoms with Crippen molar-refractivity contribution in [1.29, 1.82) is 0 Å². The average molecular weight is 432 g/mol. The topological polar surface area (TPSA) is 80.6 Å². The first-order chi connectivity index (χ1) is 15.5. The maximum absolute atomic E-state index is 12.3. The molecule has 164 valence electrons. The second-order valence-corrected chi connectivity index (χ2v) is 7.39. The van der Waals surface area contributed by atoms with Crippen molar-refractivity contribution in [2.45, 2.75) is 26.7 Å². The van der Waals surface area contributed by atoms with Crippen molar-refractivity contribution in [2.75, 3.05) is 7.11 Å². The summed E-state index contributed by atoms with van der Waals surface area (Å²) in [6.07, 6.45) is -0.792. The summed E-state index contributed by atoms with van der Waals surface area (Å²) in [4.78, 5) is 12.3. The van der Waals surface area contributed by atoms with Crippen molar-refractivity contribution in [3.8, 4) is 17.2 Å². The van der Waals surface area contributed by atoms with Gasteiger partial charge in [-0.25, -0.2) is 0 Å². The molecule has 1 amide bonds. The Morgan fingerprint density at radius 1 is 1.09 bits per heavy atom. The van der Waals surface area contributed by atoms with Crippen LogP contribution in [0.5, 0.6) is 17.2 Å². The van der Waals surface area contributed by atoms with Crippen LogP contribution in [0.4, 0.5) is 0 Å². The molecule has 7 heteroatoms. The van der Waals surface area contributed by atoms with Crippen molar-refractivity contribution in [3.63, 3.8) is 0 Å². The first-order valence-electron chi connectivity index (χ1n) is 10.2. The molecule has 0 aromatic heterocycles. The van der Waals surface area contributed by atoms with Crippen LogP contribution < -0.4 is 9.47 Å². The van der Waals surface area contributed by atoms with Crippen LogP contribution >= 0.6 is 0 Å². The van der Waals surface area contributed by atoms with Gasteiger partial charge >= 0.3 is 0 Å². The van der Waals surface area contributed by atoms with Crippen molar-refractivity contribution >= 4 is 11.8 Å². The molecule has 1 aliphatic rings. The Kier molecular flexibility index (Phi) is 5.98. The molecule has 0 spiro atoms. The van der Waals surface area contributed by atoms with Gasteiger partial charge in [0.2, 0.25) is 18.0 Å². The Morgan fingerprint density at radius 2 is 1.88 bits per heavy atom. The van der Waals surface area contributed by atoms with Gasteiger partial charge in [0.15, 0.2) is 11.5 Å². The van der Waals surface area contributed by atoms with Crippen LogP contribution in [0.3, 0.4) is 0 Å². The number of phenols is 1. The minimum absolute atomic E-state index is 0.0673. The summed E-state index contributed by atoms with van der Waals surface area (Å²) in [7, 11) is 1.56. The van der Waals surface area contributed by atoms with E-state index in [9.17, 15) is 9.90 Å². The molecule has 0 fully saturated rings. The molecule has 1 atom stereocenters. The number of aryl methyl sites for hydroxylation is 1. The van der Waals surface area contributed by atoms with Gasteiger partial charge in [-0.05, 0) is 42.3 Å². The van der Waals surface area contributed by atoms with Gasteiger partial charge in [0.05, 0.1) is 12.7 Å². The molecule has 7 nitrogen and oxygen atoms in total. The number of methoxy groups -OCH3 is 1. The number of rotatable bonds is 6. The van der Waals surface area contributed by atoms with Crippen LogP contribution in [0, 0.1) is 6.92 Å². The second-order valence-electron chi connectivity index (χ2n) is 7.39. The number of para-hydroxylation sites is 1. The highest BCUT2D eigenvalue weighted by Crippen LogP contribution is 2.37. The Balaban J connectivity index is 1.59. The van der Waals surface area contributed by atoms with Gasteiger partial charge in [0, 0.05) is 12.5 Å². The minimum atomic E-state index is -0.792. The predicted molar refractivity (Wildman–Crippen MR) is 119 cm³/mol. The predicted octanol–water partition coefficient (Wildman–Crippen LogP) is 4.53. The molecule has 1 heterocycles. The van der Waals surface area contributed by atoms with E-state index < -0.39 is 6.23 Å². The molecule has 1 N–H and O–H groups in total. The van der Waals surface area contributed by atoms with E-state index in [0.29, 0.717) is 34.8 Å². The van der Waals surface area contributed by atoms with Crippen molar-refractivity contribution in [1.82, 2.24) is 5.01 Å². The van der Waals surface area contributed by atoms with Gasteiger partial charge in [0.25, 0.3) is 0 Å². The van der Waals surface area contributed by atoms with Crippen LogP contribution in [0.15, 0.2) is 71.8 Å². The van der Waals surface area contributed by atoms with Crippen molar-refractivity contribution in [2.24, 2.45) is 5.10 Å². The van der Waals surface area contributed by atoms with E-state index in [2.05, 4.69) is 5.10 Å². The Hall–Kier alpha value is -4.00. The van der Waals surface area contributed by atoms with Crippen LogP contribution in [-0.2, 0) is 16.1 Å². The summed E-state index contributed by atoms with van der Waals surface area (Å²) in [5.41, 5.74) is 2.81. The van der Waals surface area contributed by atoms with Crippen molar-refractivity contribution < 1.29 is 24.1 Å². The van der Waals surface area contributed by atoms with E-state index in [1.54, 1.807) is 50.4 Å². The maximum atomic E-state index is 12.3. The zero-order chi connectivity index (χ0) is 22.7.